The number of rotatable bonds is 8. The number of benzene rings is 2. The van der Waals surface area contributed by atoms with Crippen molar-refractivity contribution in [3.63, 3.8) is 0 Å². The molecule has 0 saturated carbocycles. The first-order valence-electron chi connectivity index (χ1n) is 10.3. The largest absolute Gasteiger partial charge is 0.493 e. The number of hydrazone groups is 1. The Hall–Kier alpha value is -3.32. The fraction of sp³-hybridized carbons (Fsp3) is 0.292. The van der Waals surface area contributed by atoms with Gasteiger partial charge in [-0.2, -0.15) is 5.10 Å². The van der Waals surface area contributed by atoms with E-state index in [0.717, 1.165) is 5.56 Å². The summed E-state index contributed by atoms with van der Waals surface area (Å²) in [6, 6.07) is 12.2. The molecule has 0 radical (unpaired) electrons. The predicted octanol–water partition coefficient (Wildman–Crippen LogP) is 3.92. The normalized spacial score (nSPS) is 14.2. The lowest BCUT2D eigenvalue weighted by atomic mass is 9.95. The molecule has 32 heavy (non-hydrogen) atoms. The first-order valence-corrected chi connectivity index (χ1v) is 10.7. The van der Waals surface area contributed by atoms with Crippen molar-refractivity contribution >= 4 is 29.6 Å². The number of carbonyl (C=O) groups excluding carboxylic acids is 2. The highest BCUT2D eigenvalue weighted by Gasteiger charge is 2.27. The van der Waals surface area contributed by atoms with Crippen molar-refractivity contribution in [2.24, 2.45) is 11.0 Å². The maximum atomic E-state index is 12.6. The van der Waals surface area contributed by atoms with Gasteiger partial charge in [0, 0.05) is 29.6 Å². The van der Waals surface area contributed by atoms with Crippen LogP contribution in [-0.4, -0.2) is 49.7 Å². The molecular formula is C24H26ClN3O4. The lowest BCUT2D eigenvalue weighted by Crippen LogP contribution is -2.42. The van der Waals surface area contributed by atoms with Crippen LogP contribution in [0.4, 0.5) is 0 Å². The molecule has 0 aromatic heterocycles. The standard InChI is InChI=1S/C24H26ClN3O4/c1-3-14-32-21-9-4-17(15-22(21)31-2)16-26-27-23(29)18-10-12-28(13-11-18)24(30)19-5-7-20(25)8-6-19/h3-9,15-16,18H,1,10-14H2,2H3,(H,27,29)/b26-16-. The molecule has 2 aromatic carbocycles. The van der Waals surface area contributed by atoms with Crippen LogP contribution in [0.2, 0.25) is 5.02 Å². The minimum Gasteiger partial charge on any atom is -0.493 e. The number of carbonyl (C=O) groups is 2. The van der Waals surface area contributed by atoms with E-state index in [-0.39, 0.29) is 17.7 Å². The molecule has 1 fully saturated rings. The van der Waals surface area contributed by atoms with E-state index in [1.807, 2.05) is 6.07 Å². The van der Waals surface area contributed by atoms with Gasteiger partial charge in [-0.3, -0.25) is 9.59 Å². The highest BCUT2D eigenvalue weighted by atomic mass is 35.5. The van der Waals surface area contributed by atoms with Crippen molar-refractivity contribution in [3.8, 4) is 11.5 Å². The van der Waals surface area contributed by atoms with Crippen LogP contribution < -0.4 is 14.9 Å². The number of amides is 2. The van der Waals surface area contributed by atoms with E-state index < -0.39 is 0 Å². The van der Waals surface area contributed by atoms with Gasteiger partial charge in [-0.05, 0) is 60.9 Å². The Morgan fingerprint density at radius 2 is 1.91 bits per heavy atom. The monoisotopic (exact) mass is 455 g/mol. The van der Waals surface area contributed by atoms with E-state index in [1.54, 1.807) is 60.7 Å². The summed E-state index contributed by atoms with van der Waals surface area (Å²) in [7, 11) is 1.56. The molecule has 1 aliphatic heterocycles. The van der Waals surface area contributed by atoms with Gasteiger partial charge in [-0.1, -0.05) is 24.3 Å². The summed E-state index contributed by atoms with van der Waals surface area (Å²) in [6.45, 7) is 5.04. The second-order valence-electron chi connectivity index (χ2n) is 7.32. The number of hydrogen-bond acceptors (Lipinski definition) is 5. The number of methoxy groups -OCH3 is 1. The van der Waals surface area contributed by atoms with Gasteiger partial charge in [0.25, 0.3) is 5.91 Å². The number of likely N-dealkylation sites (tertiary alicyclic amines) is 1. The topological polar surface area (TPSA) is 80.2 Å². The average molecular weight is 456 g/mol. The summed E-state index contributed by atoms with van der Waals surface area (Å²) in [5, 5.41) is 4.65. The van der Waals surface area contributed by atoms with Crippen LogP contribution in [0.1, 0.15) is 28.8 Å². The van der Waals surface area contributed by atoms with Crippen molar-refractivity contribution in [1.29, 1.82) is 0 Å². The third-order valence-electron chi connectivity index (χ3n) is 5.18. The second-order valence-corrected chi connectivity index (χ2v) is 7.75. The number of nitrogens with zero attached hydrogens (tertiary/aromatic N) is 2. The molecule has 1 aliphatic rings. The third kappa shape index (κ3) is 6.11. The van der Waals surface area contributed by atoms with E-state index in [4.69, 9.17) is 21.1 Å². The molecule has 1 saturated heterocycles. The van der Waals surface area contributed by atoms with Gasteiger partial charge in [-0.15, -0.1) is 0 Å². The molecule has 0 atom stereocenters. The fourth-order valence-corrected chi connectivity index (χ4v) is 3.54. The quantitative estimate of drug-likeness (QED) is 0.371. The smallest absolute Gasteiger partial charge is 0.253 e. The SMILES string of the molecule is C=CCOc1ccc(/C=N\NC(=O)C2CCN(C(=O)c3ccc(Cl)cc3)CC2)cc1OC. The Balaban J connectivity index is 1.49. The minimum absolute atomic E-state index is 0.0481. The van der Waals surface area contributed by atoms with Crippen LogP contribution in [0, 0.1) is 5.92 Å². The molecule has 0 aliphatic carbocycles. The Labute approximate surface area is 192 Å². The molecule has 0 bridgehead atoms. The van der Waals surface area contributed by atoms with Gasteiger partial charge < -0.3 is 14.4 Å². The first kappa shape index (κ1) is 23.3. The molecule has 8 heteroatoms. The molecule has 1 N–H and O–H groups in total. The third-order valence-corrected chi connectivity index (χ3v) is 5.43. The zero-order chi connectivity index (χ0) is 22.9. The zero-order valence-electron chi connectivity index (χ0n) is 17.9. The van der Waals surface area contributed by atoms with E-state index >= 15 is 0 Å². The summed E-state index contributed by atoms with van der Waals surface area (Å²) in [5.74, 6) is 0.782. The summed E-state index contributed by atoms with van der Waals surface area (Å²) < 4.78 is 10.8. The van der Waals surface area contributed by atoms with Crippen molar-refractivity contribution < 1.29 is 19.1 Å². The maximum Gasteiger partial charge on any atom is 0.253 e. The molecule has 3 rings (SSSR count). The highest BCUT2D eigenvalue weighted by Crippen LogP contribution is 2.27. The van der Waals surface area contributed by atoms with Gasteiger partial charge in [-0.25, -0.2) is 5.43 Å². The summed E-state index contributed by atoms with van der Waals surface area (Å²) in [6.07, 6.45) is 4.38. The maximum absolute atomic E-state index is 12.6. The Morgan fingerprint density at radius 1 is 1.19 bits per heavy atom. The molecule has 2 amide bonds. The molecule has 0 spiro atoms. The van der Waals surface area contributed by atoms with Crippen molar-refractivity contribution in [2.45, 2.75) is 12.8 Å². The van der Waals surface area contributed by atoms with E-state index in [1.165, 1.54) is 0 Å². The van der Waals surface area contributed by atoms with Crippen LogP contribution in [-0.2, 0) is 4.79 Å². The second kappa shape index (κ2) is 11.3. The van der Waals surface area contributed by atoms with Gasteiger partial charge in [0.15, 0.2) is 11.5 Å². The number of halogens is 1. The van der Waals surface area contributed by atoms with Crippen LogP contribution in [0.5, 0.6) is 11.5 Å². The molecular weight excluding hydrogens is 430 g/mol. The Bertz CT molecular complexity index is 983. The van der Waals surface area contributed by atoms with Gasteiger partial charge in [0.2, 0.25) is 5.91 Å². The number of ether oxygens (including phenoxy) is 2. The van der Waals surface area contributed by atoms with Crippen LogP contribution in [0.3, 0.4) is 0 Å². The Morgan fingerprint density at radius 3 is 2.56 bits per heavy atom. The number of piperidine rings is 1. The van der Waals surface area contributed by atoms with E-state index in [0.29, 0.717) is 54.6 Å². The Kier molecular flexibility index (Phi) is 8.27. The molecule has 2 aromatic rings. The van der Waals surface area contributed by atoms with Crippen molar-refractivity contribution in [3.05, 3.63) is 71.3 Å². The van der Waals surface area contributed by atoms with Crippen LogP contribution in [0.15, 0.2) is 60.2 Å². The van der Waals surface area contributed by atoms with E-state index in [2.05, 4.69) is 17.1 Å². The first-order chi connectivity index (χ1) is 15.5. The fourth-order valence-electron chi connectivity index (χ4n) is 3.41. The summed E-state index contributed by atoms with van der Waals surface area (Å²) in [4.78, 5) is 26.8. The number of hydrogen-bond donors (Lipinski definition) is 1. The molecule has 0 unspecified atom stereocenters. The zero-order valence-corrected chi connectivity index (χ0v) is 18.7. The van der Waals surface area contributed by atoms with Crippen LogP contribution >= 0.6 is 11.6 Å². The van der Waals surface area contributed by atoms with Crippen molar-refractivity contribution in [2.75, 3.05) is 26.8 Å². The van der Waals surface area contributed by atoms with E-state index in [9.17, 15) is 9.59 Å². The van der Waals surface area contributed by atoms with Crippen molar-refractivity contribution in [1.82, 2.24) is 10.3 Å². The van der Waals surface area contributed by atoms with Gasteiger partial charge in [0.05, 0.1) is 13.3 Å². The summed E-state index contributed by atoms with van der Waals surface area (Å²) >= 11 is 5.88. The molecule has 1 heterocycles. The van der Waals surface area contributed by atoms with Gasteiger partial charge >= 0.3 is 0 Å². The average Bonchev–Trinajstić information content (AvgIpc) is 2.83. The minimum atomic E-state index is -0.189. The number of nitrogens with one attached hydrogen (secondary N) is 1. The van der Waals surface area contributed by atoms with Crippen LogP contribution in [0.25, 0.3) is 0 Å². The molecule has 168 valence electrons. The summed E-state index contributed by atoms with van der Waals surface area (Å²) in [5.41, 5.74) is 3.95. The highest BCUT2D eigenvalue weighted by molar-refractivity contribution is 6.30. The molecule has 7 nitrogen and oxygen atoms in total. The lowest BCUT2D eigenvalue weighted by molar-refractivity contribution is -0.126. The lowest BCUT2D eigenvalue weighted by Gasteiger charge is -2.31. The van der Waals surface area contributed by atoms with Gasteiger partial charge in [0.1, 0.15) is 6.61 Å². The predicted molar refractivity (Wildman–Crippen MR) is 125 cm³/mol.